The summed E-state index contributed by atoms with van der Waals surface area (Å²) in [6.45, 7) is 3.58. The van der Waals surface area contributed by atoms with Gasteiger partial charge in [-0.15, -0.1) is 0 Å². The second kappa shape index (κ2) is 7.72. The Bertz CT molecular complexity index is 742. The van der Waals surface area contributed by atoms with E-state index in [1.807, 2.05) is 6.92 Å². The number of carboxylic acids is 1. The minimum Gasteiger partial charge on any atom is -0.480 e. The molecule has 2 N–H and O–H groups in total. The van der Waals surface area contributed by atoms with Gasteiger partial charge >= 0.3 is 5.97 Å². The molecule has 7 heteroatoms. The zero-order valence-corrected chi connectivity index (χ0v) is 13.6. The molecule has 0 bridgehead atoms. The van der Waals surface area contributed by atoms with Gasteiger partial charge in [0.25, 0.3) is 5.91 Å². The van der Waals surface area contributed by atoms with Gasteiger partial charge in [0.15, 0.2) is 0 Å². The van der Waals surface area contributed by atoms with Gasteiger partial charge in [-0.1, -0.05) is 31.9 Å². The number of carboxylic acid groups (broad SMARTS) is 1. The molecule has 0 saturated carbocycles. The van der Waals surface area contributed by atoms with Crippen LogP contribution in [0.25, 0.3) is 5.69 Å². The van der Waals surface area contributed by atoms with Crippen molar-refractivity contribution in [1.82, 2.24) is 15.1 Å². The second-order valence-corrected chi connectivity index (χ2v) is 5.51. The van der Waals surface area contributed by atoms with Crippen LogP contribution in [-0.2, 0) is 4.79 Å². The predicted octanol–water partition coefficient (Wildman–Crippen LogP) is 2.69. The van der Waals surface area contributed by atoms with Crippen LogP contribution < -0.4 is 5.32 Å². The maximum atomic E-state index is 13.9. The van der Waals surface area contributed by atoms with E-state index < -0.39 is 23.7 Å². The summed E-state index contributed by atoms with van der Waals surface area (Å²) in [5.41, 5.74) is 0.896. The number of carbonyl (C=O) groups is 2. The van der Waals surface area contributed by atoms with Crippen molar-refractivity contribution in [3.8, 4) is 5.69 Å². The van der Waals surface area contributed by atoms with Gasteiger partial charge in [-0.05, 0) is 25.5 Å². The summed E-state index contributed by atoms with van der Waals surface area (Å²) in [7, 11) is 0. The maximum Gasteiger partial charge on any atom is 0.326 e. The standard InChI is InChI=1S/C17H20FN3O3/c1-3-4-8-14(17(23)24)20-16(22)12-10-19-21(11(12)2)15-9-6-5-7-13(15)18/h5-7,9-10,14H,3-4,8H2,1-2H3,(H,20,22)(H,23,24)/t14-/m0/s1. The molecule has 1 atom stereocenters. The van der Waals surface area contributed by atoms with E-state index in [9.17, 15) is 19.1 Å². The van der Waals surface area contributed by atoms with Crippen molar-refractivity contribution in [1.29, 1.82) is 0 Å². The van der Waals surface area contributed by atoms with Gasteiger partial charge in [0, 0.05) is 0 Å². The van der Waals surface area contributed by atoms with Crippen LogP contribution >= 0.6 is 0 Å². The second-order valence-electron chi connectivity index (χ2n) is 5.51. The number of para-hydroxylation sites is 1. The Labute approximate surface area is 139 Å². The van der Waals surface area contributed by atoms with Crippen LogP contribution in [0, 0.1) is 12.7 Å². The molecule has 0 radical (unpaired) electrons. The fraction of sp³-hybridized carbons (Fsp3) is 0.353. The molecule has 1 heterocycles. The van der Waals surface area contributed by atoms with Crippen molar-refractivity contribution in [3.05, 3.63) is 47.5 Å². The third-order valence-corrected chi connectivity index (χ3v) is 3.78. The zero-order chi connectivity index (χ0) is 17.7. The molecule has 2 aromatic rings. The number of hydrogen-bond acceptors (Lipinski definition) is 3. The molecule has 24 heavy (non-hydrogen) atoms. The summed E-state index contributed by atoms with van der Waals surface area (Å²) < 4.78 is 15.2. The lowest BCUT2D eigenvalue weighted by molar-refractivity contribution is -0.139. The molecule has 0 aliphatic carbocycles. The van der Waals surface area contributed by atoms with Crippen molar-refractivity contribution < 1.29 is 19.1 Å². The average Bonchev–Trinajstić information content (AvgIpc) is 2.93. The highest BCUT2D eigenvalue weighted by Crippen LogP contribution is 2.17. The fourth-order valence-electron chi connectivity index (χ4n) is 2.40. The summed E-state index contributed by atoms with van der Waals surface area (Å²) in [5, 5.41) is 15.8. The molecule has 0 spiro atoms. The number of unbranched alkanes of at least 4 members (excludes halogenated alkanes) is 1. The summed E-state index contributed by atoms with van der Waals surface area (Å²) in [6.07, 6.45) is 3.21. The number of aliphatic carboxylic acids is 1. The van der Waals surface area contributed by atoms with E-state index in [1.54, 1.807) is 25.1 Å². The first kappa shape index (κ1) is 17.7. The highest BCUT2D eigenvalue weighted by atomic mass is 19.1. The number of aromatic nitrogens is 2. The topological polar surface area (TPSA) is 84.2 Å². The van der Waals surface area contributed by atoms with Crippen LogP contribution in [0.4, 0.5) is 4.39 Å². The Morgan fingerprint density at radius 3 is 2.71 bits per heavy atom. The molecule has 1 aromatic carbocycles. The lowest BCUT2D eigenvalue weighted by Crippen LogP contribution is -2.40. The predicted molar refractivity (Wildman–Crippen MR) is 86.7 cm³/mol. The van der Waals surface area contributed by atoms with Crippen molar-refractivity contribution in [2.75, 3.05) is 0 Å². The Balaban J connectivity index is 2.22. The minimum absolute atomic E-state index is 0.223. The number of halogens is 1. The lowest BCUT2D eigenvalue weighted by Gasteiger charge is -2.14. The SMILES string of the molecule is CCCC[C@H](NC(=O)c1cnn(-c2ccccc2F)c1C)C(=O)O. The summed E-state index contributed by atoms with van der Waals surface area (Å²) in [4.78, 5) is 23.6. The van der Waals surface area contributed by atoms with Crippen LogP contribution in [-0.4, -0.2) is 32.8 Å². The van der Waals surface area contributed by atoms with Crippen LogP contribution in [0.1, 0.15) is 42.2 Å². The summed E-state index contributed by atoms with van der Waals surface area (Å²) in [5.74, 6) is -2.06. The van der Waals surface area contributed by atoms with Gasteiger partial charge in [-0.25, -0.2) is 13.9 Å². The highest BCUT2D eigenvalue weighted by Gasteiger charge is 2.23. The third kappa shape index (κ3) is 3.79. The number of rotatable bonds is 7. The van der Waals surface area contributed by atoms with Crippen molar-refractivity contribution in [2.24, 2.45) is 0 Å². The van der Waals surface area contributed by atoms with E-state index >= 15 is 0 Å². The largest absolute Gasteiger partial charge is 0.480 e. The van der Waals surface area contributed by atoms with Crippen LogP contribution in [0.5, 0.6) is 0 Å². The Hall–Kier alpha value is -2.70. The molecule has 6 nitrogen and oxygen atoms in total. The van der Waals surface area contributed by atoms with Gasteiger partial charge in [0.05, 0.1) is 17.5 Å². The summed E-state index contributed by atoms with van der Waals surface area (Å²) in [6, 6.07) is 5.15. The van der Waals surface area contributed by atoms with E-state index in [2.05, 4.69) is 10.4 Å². The summed E-state index contributed by atoms with van der Waals surface area (Å²) >= 11 is 0. The van der Waals surface area contributed by atoms with Crippen molar-refractivity contribution in [3.63, 3.8) is 0 Å². The molecule has 0 unspecified atom stereocenters. The number of hydrogen-bond donors (Lipinski definition) is 2. The molecule has 1 aromatic heterocycles. The molecule has 0 aliphatic heterocycles. The van der Waals surface area contributed by atoms with Gasteiger partial charge in [-0.2, -0.15) is 5.10 Å². The zero-order valence-electron chi connectivity index (χ0n) is 13.6. The molecular weight excluding hydrogens is 313 g/mol. The van der Waals surface area contributed by atoms with E-state index in [0.717, 1.165) is 6.42 Å². The van der Waals surface area contributed by atoms with Crippen LogP contribution in [0.15, 0.2) is 30.5 Å². The molecule has 0 fully saturated rings. The highest BCUT2D eigenvalue weighted by molar-refractivity contribution is 5.97. The van der Waals surface area contributed by atoms with Gasteiger partial charge < -0.3 is 10.4 Å². The van der Waals surface area contributed by atoms with E-state index in [4.69, 9.17) is 0 Å². The van der Waals surface area contributed by atoms with Gasteiger partial charge in [0.1, 0.15) is 17.5 Å². The first-order valence-corrected chi connectivity index (χ1v) is 7.78. The number of carbonyl (C=O) groups excluding carboxylic acids is 1. The van der Waals surface area contributed by atoms with Gasteiger partial charge in [-0.3, -0.25) is 4.79 Å². The van der Waals surface area contributed by atoms with E-state index in [0.29, 0.717) is 18.5 Å². The number of nitrogens with one attached hydrogen (secondary N) is 1. The molecule has 0 saturated heterocycles. The number of nitrogens with zero attached hydrogens (tertiary/aromatic N) is 2. The van der Waals surface area contributed by atoms with E-state index in [-0.39, 0.29) is 11.3 Å². The van der Waals surface area contributed by atoms with Crippen LogP contribution in [0.3, 0.4) is 0 Å². The molecule has 128 valence electrons. The average molecular weight is 333 g/mol. The molecular formula is C17H20FN3O3. The van der Waals surface area contributed by atoms with Crippen molar-refractivity contribution in [2.45, 2.75) is 39.2 Å². The Morgan fingerprint density at radius 2 is 2.08 bits per heavy atom. The van der Waals surface area contributed by atoms with Gasteiger partial charge in [0.2, 0.25) is 0 Å². The minimum atomic E-state index is -1.07. The number of amides is 1. The Morgan fingerprint density at radius 1 is 1.38 bits per heavy atom. The van der Waals surface area contributed by atoms with Crippen molar-refractivity contribution >= 4 is 11.9 Å². The molecule has 1 amide bonds. The molecule has 0 aliphatic rings. The smallest absolute Gasteiger partial charge is 0.326 e. The monoisotopic (exact) mass is 333 g/mol. The Kier molecular flexibility index (Phi) is 5.68. The first-order valence-electron chi connectivity index (χ1n) is 7.78. The fourth-order valence-corrected chi connectivity index (χ4v) is 2.40. The van der Waals surface area contributed by atoms with E-state index in [1.165, 1.54) is 16.9 Å². The first-order chi connectivity index (χ1) is 11.5. The molecule has 2 rings (SSSR count). The number of benzene rings is 1. The van der Waals surface area contributed by atoms with Crippen LogP contribution in [0.2, 0.25) is 0 Å². The maximum absolute atomic E-state index is 13.9. The quantitative estimate of drug-likeness (QED) is 0.816. The lowest BCUT2D eigenvalue weighted by atomic mass is 10.1. The third-order valence-electron chi connectivity index (χ3n) is 3.78. The normalized spacial score (nSPS) is 12.0.